The van der Waals surface area contributed by atoms with E-state index >= 15 is 0 Å². The first-order valence-electron chi connectivity index (χ1n) is 10.8. The molecule has 5 unspecified atom stereocenters. The zero-order valence-corrected chi connectivity index (χ0v) is 16.4. The van der Waals surface area contributed by atoms with E-state index in [9.17, 15) is 9.59 Å². The Morgan fingerprint density at radius 3 is 2.54 bits per heavy atom. The Morgan fingerprint density at radius 2 is 1.77 bits per heavy atom. The first kappa shape index (κ1) is 17.0. The quantitative estimate of drug-likeness (QED) is 0.583. The van der Waals surface area contributed by atoms with E-state index in [2.05, 4.69) is 19.9 Å². The monoisotopic (exact) mass is 352 g/mol. The molecule has 0 aromatic heterocycles. The number of fused-ring (bicyclic) bond motifs is 5. The zero-order chi connectivity index (χ0) is 18.2. The number of rotatable bonds is 0. The summed E-state index contributed by atoms with van der Waals surface area (Å²) in [4.78, 5) is 24.6. The van der Waals surface area contributed by atoms with Gasteiger partial charge in [0, 0.05) is 17.3 Å². The minimum Gasteiger partial charge on any atom is -0.299 e. The van der Waals surface area contributed by atoms with E-state index in [0.29, 0.717) is 17.1 Å². The third-order valence-corrected chi connectivity index (χ3v) is 9.40. The van der Waals surface area contributed by atoms with Crippen LogP contribution in [0.2, 0.25) is 0 Å². The van der Waals surface area contributed by atoms with Crippen molar-refractivity contribution in [3.05, 3.63) is 23.8 Å². The van der Waals surface area contributed by atoms with E-state index in [4.69, 9.17) is 0 Å². The van der Waals surface area contributed by atoms with Crippen molar-refractivity contribution in [2.75, 3.05) is 0 Å². The molecular formula is C24H32O2. The summed E-state index contributed by atoms with van der Waals surface area (Å²) in [5.41, 5.74) is 1.87. The minimum absolute atomic E-state index is 0.0406. The lowest BCUT2D eigenvalue weighted by Gasteiger charge is -2.61. The number of carbonyl (C=O) groups excluding carboxylic acids is 2. The number of ketones is 2. The van der Waals surface area contributed by atoms with Gasteiger partial charge in [0.1, 0.15) is 5.78 Å². The average molecular weight is 353 g/mol. The molecule has 5 rings (SSSR count). The maximum atomic E-state index is 12.7. The predicted octanol–water partition coefficient (Wildman–Crippen LogP) is 5.42. The molecule has 0 radical (unpaired) electrons. The zero-order valence-electron chi connectivity index (χ0n) is 16.4. The molecule has 0 aromatic carbocycles. The lowest BCUT2D eigenvalue weighted by molar-refractivity contribution is -0.139. The van der Waals surface area contributed by atoms with E-state index in [1.54, 1.807) is 0 Å². The first-order valence-corrected chi connectivity index (χ1v) is 10.8. The van der Waals surface area contributed by atoms with Crippen molar-refractivity contribution in [2.45, 2.75) is 78.1 Å². The molecule has 6 atom stereocenters. The average Bonchev–Trinajstić information content (AvgIpc) is 2.94. The molecular weight excluding hydrogens is 320 g/mol. The molecule has 5 aliphatic rings. The van der Waals surface area contributed by atoms with Gasteiger partial charge in [-0.15, -0.1) is 0 Å². The third-order valence-electron chi connectivity index (χ3n) is 9.40. The van der Waals surface area contributed by atoms with Crippen LogP contribution in [0.3, 0.4) is 0 Å². The van der Waals surface area contributed by atoms with Crippen LogP contribution in [0, 0.1) is 34.0 Å². The van der Waals surface area contributed by atoms with Crippen LogP contribution in [0.5, 0.6) is 0 Å². The van der Waals surface area contributed by atoms with Crippen molar-refractivity contribution in [3.8, 4) is 0 Å². The van der Waals surface area contributed by atoms with Gasteiger partial charge in [-0.05, 0) is 93.1 Å². The molecule has 0 N–H and O–H groups in total. The molecule has 0 bridgehead atoms. The maximum Gasteiger partial charge on any atom is 0.178 e. The second-order valence-electron chi connectivity index (χ2n) is 10.6. The van der Waals surface area contributed by atoms with Crippen molar-refractivity contribution >= 4 is 11.6 Å². The number of Topliss-reactive ketones (excluding diaryl/α,β-unsaturated/α-hetero) is 1. The second kappa shape index (κ2) is 5.42. The van der Waals surface area contributed by atoms with Crippen molar-refractivity contribution in [1.29, 1.82) is 0 Å². The summed E-state index contributed by atoms with van der Waals surface area (Å²) in [7, 11) is 0. The van der Waals surface area contributed by atoms with E-state index < -0.39 is 0 Å². The topological polar surface area (TPSA) is 34.1 Å². The molecule has 0 amide bonds. The van der Waals surface area contributed by atoms with Crippen LogP contribution in [0.25, 0.3) is 0 Å². The molecule has 2 nitrogen and oxygen atoms in total. The summed E-state index contributed by atoms with van der Waals surface area (Å²) in [5, 5.41) is 0. The molecule has 4 saturated carbocycles. The van der Waals surface area contributed by atoms with Gasteiger partial charge in [-0.1, -0.05) is 25.5 Å². The molecule has 0 heterocycles. The van der Waals surface area contributed by atoms with E-state index in [0.717, 1.165) is 50.4 Å². The van der Waals surface area contributed by atoms with Crippen LogP contribution in [-0.2, 0) is 9.59 Å². The SMILES string of the molecule is CC12CCC3C(CCC4=CC(=O)C=CC43C)C1CC[C@@]1(CCCC1=O)C2. The van der Waals surface area contributed by atoms with Crippen molar-refractivity contribution in [1.82, 2.24) is 0 Å². The van der Waals surface area contributed by atoms with Crippen molar-refractivity contribution in [2.24, 2.45) is 34.0 Å². The molecule has 0 saturated heterocycles. The van der Waals surface area contributed by atoms with Gasteiger partial charge >= 0.3 is 0 Å². The van der Waals surface area contributed by atoms with Crippen LogP contribution in [-0.4, -0.2) is 11.6 Å². The highest BCUT2D eigenvalue weighted by atomic mass is 16.1. The van der Waals surface area contributed by atoms with Gasteiger partial charge in [-0.2, -0.15) is 0 Å². The number of carbonyl (C=O) groups is 2. The summed E-state index contributed by atoms with van der Waals surface area (Å²) in [6.07, 6.45) is 17.5. The Labute approximate surface area is 157 Å². The maximum absolute atomic E-state index is 12.7. The van der Waals surface area contributed by atoms with Gasteiger partial charge < -0.3 is 0 Å². The normalized spacial score (nSPS) is 50.2. The molecule has 4 fully saturated rings. The van der Waals surface area contributed by atoms with Gasteiger partial charge in [0.2, 0.25) is 0 Å². The van der Waals surface area contributed by atoms with E-state index in [1.165, 1.54) is 31.3 Å². The molecule has 0 aromatic rings. The van der Waals surface area contributed by atoms with Gasteiger partial charge in [-0.3, -0.25) is 9.59 Å². The fourth-order valence-corrected chi connectivity index (χ4v) is 8.11. The molecule has 26 heavy (non-hydrogen) atoms. The highest BCUT2D eigenvalue weighted by Gasteiger charge is 2.59. The molecule has 140 valence electrons. The van der Waals surface area contributed by atoms with Gasteiger partial charge in [0.15, 0.2) is 5.78 Å². The van der Waals surface area contributed by atoms with E-state index in [1.807, 2.05) is 12.2 Å². The number of hydrogen-bond acceptors (Lipinski definition) is 2. The van der Waals surface area contributed by atoms with Crippen LogP contribution >= 0.6 is 0 Å². The standard InChI is InChI=1S/C24H32O2/c1-22-11-8-20-18(6-5-16-14-17(25)7-12-23(16,20)2)19(22)9-13-24(15-22)10-3-4-21(24)26/h7,12,14,18-20H,3-6,8-11,13,15H2,1-2H3/t18?,19?,20?,22?,23?,24-/m0/s1. The fourth-order valence-electron chi connectivity index (χ4n) is 8.11. The Kier molecular flexibility index (Phi) is 3.54. The Bertz CT molecular complexity index is 730. The highest BCUT2D eigenvalue weighted by molar-refractivity contribution is 6.01. The lowest BCUT2D eigenvalue weighted by Crippen LogP contribution is -2.54. The Hall–Kier alpha value is -1.18. The number of allylic oxidation sites excluding steroid dienone is 4. The summed E-state index contributed by atoms with van der Waals surface area (Å²) >= 11 is 0. The number of hydrogen-bond donors (Lipinski definition) is 0. The largest absolute Gasteiger partial charge is 0.299 e. The molecule has 5 aliphatic carbocycles. The lowest BCUT2D eigenvalue weighted by atomic mass is 9.43. The summed E-state index contributed by atoms with van der Waals surface area (Å²) in [6.45, 7) is 4.89. The molecule has 2 heteroatoms. The Morgan fingerprint density at radius 1 is 0.962 bits per heavy atom. The Balaban J connectivity index is 1.45. The van der Waals surface area contributed by atoms with Crippen LogP contribution in [0.1, 0.15) is 78.1 Å². The predicted molar refractivity (Wildman–Crippen MR) is 103 cm³/mol. The first-order chi connectivity index (χ1) is 12.4. The van der Waals surface area contributed by atoms with Crippen molar-refractivity contribution in [3.63, 3.8) is 0 Å². The highest BCUT2D eigenvalue weighted by Crippen LogP contribution is 2.66. The second-order valence-corrected chi connectivity index (χ2v) is 10.6. The summed E-state index contributed by atoms with van der Waals surface area (Å²) < 4.78 is 0. The third kappa shape index (κ3) is 2.17. The summed E-state index contributed by atoms with van der Waals surface area (Å²) in [5.74, 6) is 2.97. The van der Waals surface area contributed by atoms with Gasteiger partial charge in [0.25, 0.3) is 0 Å². The van der Waals surface area contributed by atoms with Gasteiger partial charge in [0.05, 0.1) is 0 Å². The van der Waals surface area contributed by atoms with Crippen LogP contribution < -0.4 is 0 Å². The molecule has 1 spiro atoms. The summed E-state index contributed by atoms with van der Waals surface area (Å²) in [6, 6.07) is 0. The van der Waals surface area contributed by atoms with Gasteiger partial charge in [-0.25, -0.2) is 0 Å². The van der Waals surface area contributed by atoms with E-state index in [-0.39, 0.29) is 16.6 Å². The smallest absolute Gasteiger partial charge is 0.178 e. The van der Waals surface area contributed by atoms with Crippen molar-refractivity contribution < 1.29 is 9.59 Å². The fraction of sp³-hybridized carbons (Fsp3) is 0.750. The van der Waals surface area contributed by atoms with Crippen LogP contribution in [0.15, 0.2) is 23.8 Å². The molecule has 0 aliphatic heterocycles. The minimum atomic E-state index is 0.0406. The van der Waals surface area contributed by atoms with Crippen LogP contribution in [0.4, 0.5) is 0 Å².